The number of hydrogen-bond donors (Lipinski definition) is 2. The molecule has 0 aliphatic rings. The summed E-state index contributed by atoms with van der Waals surface area (Å²) in [5, 5.41) is 12.0. The van der Waals surface area contributed by atoms with Crippen molar-refractivity contribution in [3.8, 4) is 0 Å². The minimum absolute atomic E-state index is 0.189. The van der Waals surface area contributed by atoms with Crippen molar-refractivity contribution < 1.29 is 14.2 Å². The summed E-state index contributed by atoms with van der Waals surface area (Å²) in [6.45, 7) is 3.01. The number of benzene rings is 1. The molecule has 0 spiro atoms. The SMILES string of the molecule is COCCNCc1cccc(F)c1N(C)CCCCCO. The highest BCUT2D eigenvalue weighted by Gasteiger charge is 2.12. The molecule has 0 amide bonds. The smallest absolute Gasteiger partial charge is 0.146 e. The third kappa shape index (κ3) is 6.42. The second-order valence-electron chi connectivity index (χ2n) is 5.12. The zero-order valence-electron chi connectivity index (χ0n) is 13.1. The standard InChI is InChI=1S/C16H27FN2O2/c1-19(10-4-3-5-11-20)16-14(7-6-8-15(16)17)13-18-9-12-21-2/h6-8,18,20H,3-5,9-13H2,1-2H3. The fraction of sp³-hybridized carbons (Fsp3) is 0.625. The van der Waals surface area contributed by atoms with Gasteiger partial charge in [0, 0.05) is 40.4 Å². The molecule has 0 heterocycles. The van der Waals surface area contributed by atoms with Crippen LogP contribution >= 0.6 is 0 Å². The molecule has 2 N–H and O–H groups in total. The molecule has 120 valence electrons. The van der Waals surface area contributed by atoms with Crippen molar-refractivity contribution >= 4 is 5.69 Å². The summed E-state index contributed by atoms with van der Waals surface area (Å²) in [5.74, 6) is -0.189. The molecular weight excluding hydrogens is 271 g/mol. The van der Waals surface area contributed by atoms with Crippen LogP contribution in [0, 0.1) is 5.82 Å². The second kappa shape index (κ2) is 10.5. The number of para-hydroxylation sites is 1. The average molecular weight is 298 g/mol. The number of nitrogens with zero attached hydrogens (tertiary/aromatic N) is 1. The van der Waals surface area contributed by atoms with Crippen LogP contribution < -0.4 is 10.2 Å². The summed E-state index contributed by atoms with van der Waals surface area (Å²) in [7, 11) is 3.57. The molecule has 1 aromatic carbocycles. The summed E-state index contributed by atoms with van der Waals surface area (Å²) in [6, 6.07) is 5.19. The average Bonchev–Trinajstić information content (AvgIpc) is 2.48. The monoisotopic (exact) mass is 298 g/mol. The van der Waals surface area contributed by atoms with E-state index in [9.17, 15) is 4.39 Å². The Labute approximate surface area is 126 Å². The van der Waals surface area contributed by atoms with Gasteiger partial charge < -0.3 is 20.1 Å². The lowest BCUT2D eigenvalue weighted by Gasteiger charge is -2.23. The van der Waals surface area contributed by atoms with Crippen molar-refractivity contribution in [3.05, 3.63) is 29.6 Å². The Bertz CT molecular complexity index is 402. The number of anilines is 1. The van der Waals surface area contributed by atoms with Crippen molar-refractivity contribution in [3.63, 3.8) is 0 Å². The number of aliphatic hydroxyl groups excluding tert-OH is 1. The molecule has 0 aromatic heterocycles. The third-order valence-corrected chi connectivity index (χ3v) is 3.40. The molecule has 1 rings (SSSR count). The van der Waals surface area contributed by atoms with Gasteiger partial charge in [-0.05, 0) is 30.9 Å². The Morgan fingerprint density at radius 2 is 2.10 bits per heavy atom. The molecule has 0 atom stereocenters. The van der Waals surface area contributed by atoms with Crippen LogP contribution in [0.3, 0.4) is 0 Å². The van der Waals surface area contributed by atoms with E-state index < -0.39 is 0 Å². The first-order valence-corrected chi connectivity index (χ1v) is 7.49. The molecule has 0 bridgehead atoms. The van der Waals surface area contributed by atoms with Gasteiger partial charge in [0.15, 0.2) is 0 Å². The van der Waals surface area contributed by atoms with Crippen LogP contribution in [-0.4, -0.2) is 45.6 Å². The van der Waals surface area contributed by atoms with Gasteiger partial charge in [0.2, 0.25) is 0 Å². The number of rotatable bonds is 11. The Hall–Kier alpha value is -1.17. The predicted octanol–water partition coefficient (Wildman–Crippen LogP) is 2.16. The van der Waals surface area contributed by atoms with Gasteiger partial charge in [0.05, 0.1) is 12.3 Å². The van der Waals surface area contributed by atoms with Crippen molar-refractivity contribution in [1.82, 2.24) is 5.32 Å². The highest BCUT2D eigenvalue weighted by atomic mass is 19.1. The maximum absolute atomic E-state index is 14.1. The Morgan fingerprint density at radius 1 is 1.29 bits per heavy atom. The van der Waals surface area contributed by atoms with Gasteiger partial charge in [-0.3, -0.25) is 0 Å². The van der Waals surface area contributed by atoms with Crippen molar-refractivity contribution in [1.29, 1.82) is 0 Å². The fourth-order valence-electron chi connectivity index (χ4n) is 2.28. The molecule has 0 aliphatic heterocycles. The highest BCUT2D eigenvalue weighted by Crippen LogP contribution is 2.24. The van der Waals surface area contributed by atoms with E-state index >= 15 is 0 Å². The van der Waals surface area contributed by atoms with E-state index in [1.165, 1.54) is 6.07 Å². The van der Waals surface area contributed by atoms with Gasteiger partial charge in [0.1, 0.15) is 5.82 Å². The Kier molecular flexibility index (Phi) is 8.98. The summed E-state index contributed by atoms with van der Waals surface area (Å²) >= 11 is 0. The quantitative estimate of drug-likeness (QED) is 0.615. The number of aliphatic hydroxyl groups is 1. The number of ether oxygens (including phenoxy) is 1. The van der Waals surface area contributed by atoms with E-state index in [1.54, 1.807) is 13.2 Å². The highest BCUT2D eigenvalue weighted by molar-refractivity contribution is 5.54. The number of hydrogen-bond acceptors (Lipinski definition) is 4. The van der Waals surface area contributed by atoms with E-state index in [0.717, 1.165) is 37.9 Å². The van der Waals surface area contributed by atoms with Crippen LogP contribution in [0.15, 0.2) is 18.2 Å². The first kappa shape index (κ1) is 17.9. The van der Waals surface area contributed by atoms with Crippen LogP contribution in [0.5, 0.6) is 0 Å². The molecular formula is C16H27FN2O2. The predicted molar refractivity (Wildman–Crippen MR) is 84.2 cm³/mol. The lowest BCUT2D eigenvalue weighted by Crippen LogP contribution is -2.24. The van der Waals surface area contributed by atoms with Crippen LogP contribution in [0.2, 0.25) is 0 Å². The lowest BCUT2D eigenvalue weighted by molar-refractivity contribution is 0.199. The van der Waals surface area contributed by atoms with Gasteiger partial charge in [-0.15, -0.1) is 0 Å². The number of halogens is 1. The summed E-state index contributed by atoms with van der Waals surface area (Å²) in [4.78, 5) is 1.96. The fourth-order valence-corrected chi connectivity index (χ4v) is 2.28. The minimum atomic E-state index is -0.189. The molecule has 1 aromatic rings. The van der Waals surface area contributed by atoms with E-state index in [2.05, 4.69) is 5.32 Å². The van der Waals surface area contributed by atoms with Crippen molar-refractivity contribution in [2.45, 2.75) is 25.8 Å². The number of unbranched alkanes of at least 4 members (excludes halogenated alkanes) is 2. The van der Waals surface area contributed by atoms with Crippen LogP contribution in [0.4, 0.5) is 10.1 Å². The van der Waals surface area contributed by atoms with Crippen molar-refractivity contribution in [2.24, 2.45) is 0 Å². The maximum Gasteiger partial charge on any atom is 0.146 e. The minimum Gasteiger partial charge on any atom is -0.396 e. The molecule has 4 nitrogen and oxygen atoms in total. The van der Waals surface area contributed by atoms with Gasteiger partial charge in [-0.25, -0.2) is 4.39 Å². The van der Waals surface area contributed by atoms with E-state index in [4.69, 9.17) is 9.84 Å². The largest absolute Gasteiger partial charge is 0.396 e. The molecule has 0 radical (unpaired) electrons. The van der Waals surface area contributed by atoms with Crippen LogP contribution in [0.25, 0.3) is 0 Å². The van der Waals surface area contributed by atoms with E-state index in [1.807, 2.05) is 18.0 Å². The first-order chi connectivity index (χ1) is 10.2. The normalized spacial score (nSPS) is 10.9. The van der Waals surface area contributed by atoms with Gasteiger partial charge in [-0.2, -0.15) is 0 Å². The van der Waals surface area contributed by atoms with Gasteiger partial charge >= 0.3 is 0 Å². The van der Waals surface area contributed by atoms with Gasteiger partial charge in [0.25, 0.3) is 0 Å². The van der Waals surface area contributed by atoms with E-state index in [-0.39, 0.29) is 12.4 Å². The van der Waals surface area contributed by atoms with Crippen molar-refractivity contribution in [2.75, 3.05) is 45.4 Å². The zero-order chi connectivity index (χ0) is 15.5. The first-order valence-electron chi connectivity index (χ1n) is 7.49. The molecule has 5 heteroatoms. The number of methoxy groups -OCH3 is 1. The van der Waals surface area contributed by atoms with Crippen LogP contribution in [0.1, 0.15) is 24.8 Å². The van der Waals surface area contributed by atoms with Gasteiger partial charge in [-0.1, -0.05) is 12.1 Å². The second-order valence-corrected chi connectivity index (χ2v) is 5.12. The zero-order valence-corrected chi connectivity index (χ0v) is 13.1. The molecule has 0 unspecified atom stereocenters. The summed E-state index contributed by atoms with van der Waals surface area (Å²) < 4.78 is 19.1. The molecule has 0 saturated carbocycles. The molecule has 21 heavy (non-hydrogen) atoms. The Morgan fingerprint density at radius 3 is 2.81 bits per heavy atom. The lowest BCUT2D eigenvalue weighted by atomic mass is 10.1. The molecule has 0 aliphatic carbocycles. The molecule has 0 fully saturated rings. The number of nitrogens with one attached hydrogen (secondary N) is 1. The topological polar surface area (TPSA) is 44.7 Å². The Balaban J connectivity index is 2.61. The van der Waals surface area contributed by atoms with Crippen LogP contribution in [-0.2, 0) is 11.3 Å². The third-order valence-electron chi connectivity index (χ3n) is 3.40. The summed E-state index contributed by atoms with van der Waals surface area (Å²) in [6.07, 6.45) is 2.70. The van der Waals surface area contributed by atoms with E-state index in [0.29, 0.717) is 18.8 Å². The summed E-state index contributed by atoms with van der Waals surface area (Å²) in [5.41, 5.74) is 1.61. The maximum atomic E-state index is 14.1. The molecule has 0 saturated heterocycles.